The van der Waals surface area contributed by atoms with Crippen molar-refractivity contribution in [1.82, 2.24) is 4.98 Å². The van der Waals surface area contributed by atoms with Crippen LogP contribution >= 0.6 is 0 Å². The van der Waals surface area contributed by atoms with Gasteiger partial charge in [0.1, 0.15) is 23.9 Å². The average molecular weight is 445 g/mol. The highest BCUT2D eigenvalue weighted by Gasteiger charge is 2.47. The van der Waals surface area contributed by atoms with E-state index < -0.39 is 23.5 Å². The lowest BCUT2D eigenvalue weighted by Gasteiger charge is -2.28. The molecule has 166 valence electrons. The van der Waals surface area contributed by atoms with Gasteiger partial charge in [0.2, 0.25) is 0 Å². The maximum Gasteiger partial charge on any atom is 0.300 e. The molecule has 1 aromatic heterocycles. The van der Waals surface area contributed by atoms with E-state index in [1.165, 1.54) is 35.5 Å². The molecule has 0 saturated carbocycles. The minimum atomic E-state index is -0.945. The fraction of sp³-hybridized carbons (Fsp3) is 0.160. The number of fused-ring (bicyclic) bond motifs is 1. The molecule has 7 nitrogen and oxygen atoms in total. The molecule has 3 heterocycles. The number of Topliss-reactive ketones (excluding diaryl/α,β-unsaturated/α-hetero) is 1. The number of carbonyl (C=O) groups is 2. The van der Waals surface area contributed by atoms with Crippen LogP contribution < -0.4 is 14.5 Å². The second-order valence-electron chi connectivity index (χ2n) is 7.88. The van der Waals surface area contributed by atoms with Gasteiger partial charge in [-0.1, -0.05) is 6.07 Å². The zero-order valence-corrected chi connectivity index (χ0v) is 17.7. The molecule has 0 radical (unpaired) electrons. The largest absolute Gasteiger partial charge is 0.507 e. The smallest absolute Gasteiger partial charge is 0.300 e. The number of aliphatic hydroxyl groups excluding tert-OH is 1. The van der Waals surface area contributed by atoms with E-state index in [0.717, 1.165) is 5.69 Å². The number of anilines is 2. The van der Waals surface area contributed by atoms with Gasteiger partial charge < -0.3 is 14.7 Å². The summed E-state index contributed by atoms with van der Waals surface area (Å²) in [6, 6.07) is 12.9. The van der Waals surface area contributed by atoms with Gasteiger partial charge in [0.05, 0.1) is 23.8 Å². The van der Waals surface area contributed by atoms with Crippen molar-refractivity contribution in [3.05, 3.63) is 89.5 Å². The molecule has 1 fully saturated rings. The summed E-state index contributed by atoms with van der Waals surface area (Å²) in [5, 5.41) is 11.3. The van der Waals surface area contributed by atoms with Crippen molar-refractivity contribution in [2.24, 2.45) is 0 Å². The van der Waals surface area contributed by atoms with E-state index in [0.29, 0.717) is 30.0 Å². The molecule has 2 aliphatic heterocycles. The van der Waals surface area contributed by atoms with Gasteiger partial charge in [-0.05, 0) is 54.1 Å². The maximum atomic E-state index is 14.0. The summed E-state index contributed by atoms with van der Waals surface area (Å²) in [5.41, 5.74) is 1.85. The van der Waals surface area contributed by atoms with E-state index in [2.05, 4.69) is 4.98 Å². The SMILES string of the molecule is CN1CCOc2ccc(/C(O)=C3/C(=O)C(=O)N(c4cccc(F)c4)C3c3ccncc3)cc21. The topological polar surface area (TPSA) is 83.0 Å². The van der Waals surface area contributed by atoms with E-state index in [-0.39, 0.29) is 17.0 Å². The van der Waals surface area contributed by atoms with E-state index in [4.69, 9.17) is 4.74 Å². The third-order valence-corrected chi connectivity index (χ3v) is 5.88. The molecule has 33 heavy (non-hydrogen) atoms. The number of amides is 1. The minimum absolute atomic E-state index is 0.0743. The number of benzene rings is 2. The van der Waals surface area contributed by atoms with Crippen molar-refractivity contribution in [3.63, 3.8) is 0 Å². The van der Waals surface area contributed by atoms with Crippen molar-refractivity contribution < 1.29 is 23.8 Å². The van der Waals surface area contributed by atoms with Crippen molar-refractivity contribution in [1.29, 1.82) is 0 Å². The molecule has 1 atom stereocenters. The predicted molar refractivity (Wildman–Crippen MR) is 121 cm³/mol. The molecule has 0 bridgehead atoms. The summed E-state index contributed by atoms with van der Waals surface area (Å²) in [4.78, 5) is 33.5. The monoisotopic (exact) mass is 445 g/mol. The molecule has 2 aromatic carbocycles. The fourth-order valence-corrected chi connectivity index (χ4v) is 4.24. The quantitative estimate of drug-likeness (QED) is 0.376. The van der Waals surface area contributed by atoms with Crippen LogP contribution in [0.4, 0.5) is 15.8 Å². The Bertz CT molecular complexity index is 1290. The molecular formula is C25H20FN3O4. The number of aliphatic hydroxyl groups is 1. The van der Waals surface area contributed by atoms with Gasteiger partial charge in [-0.3, -0.25) is 19.5 Å². The van der Waals surface area contributed by atoms with E-state index in [9.17, 15) is 19.1 Å². The van der Waals surface area contributed by atoms with Gasteiger partial charge in [0, 0.05) is 30.7 Å². The maximum absolute atomic E-state index is 14.0. The lowest BCUT2D eigenvalue weighted by Crippen LogP contribution is -2.29. The third-order valence-electron chi connectivity index (χ3n) is 5.88. The number of ether oxygens (including phenoxy) is 1. The predicted octanol–water partition coefficient (Wildman–Crippen LogP) is 3.68. The van der Waals surface area contributed by atoms with E-state index >= 15 is 0 Å². The summed E-state index contributed by atoms with van der Waals surface area (Å²) in [6.45, 7) is 1.23. The van der Waals surface area contributed by atoms with Crippen molar-refractivity contribution in [2.45, 2.75) is 6.04 Å². The number of nitrogens with zero attached hydrogens (tertiary/aromatic N) is 3. The van der Waals surface area contributed by atoms with Gasteiger partial charge >= 0.3 is 0 Å². The molecule has 3 aromatic rings. The Morgan fingerprint density at radius 3 is 2.67 bits per heavy atom. The highest BCUT2D eigenvalue weighted by atomic mass is 19.1. The zero-order valence-electron chi connectivity index (χ0n) is 17.7. The Labute approximate surface area is 189 Å². The highest BCUT2D eigenvalue weighted by Crippen LogP contribution is 2.43. The highest BCUT2D eigenvalue weighted by molar-refractivity contribution is 6.51. The van der Waals surface area contributed by atoms with Crippen LogP contribution in [0.15, 0.2) is 72.6 Å². The van der Waals surface area contributed by atoms with E-state index in [1.807, 2.05) is 11.9 Å². The Kier molecular flexibility index (Phi) is 5.05. The number of halogens is 1. The van der Waals surface area contributed by atoms with E-state index in [1.54, 1.807) is 36.4 Å². The molecule has 1 saturated heterocycles. The summed E-state index contributed by atoms with van der Waals surface area (Å²) >= 11 is 0. The molecule has 0 aliphatic carbocycles. The molecular weight excluding hydrogens is 425 g/mol. The Morgan fingerprint density at radius 1 is 1.12 bits per heavy atom. The first-order chi connectivity index (χ1) is 16.0. The van der Waals surface area contributed by atoms with Gasteiger partial charge in [-0.25, -0.2) is 4.39 Å². The Morgan fingerprint density at radius 2 is 1.91 bits per heavy atom. The van der Waals surface area contributed by atoms with Crippen LogP contribution in [0.25, 0.3) is 5.76 Å². The molecule has 5 rings (SSSR count). The molecule has 1 N–H and O–H groups in total. The van der Waals surface area contributed by atoms with Crippen LogP contribution in [0.2, 0.25) is 0 Å². The first kappa shape index (κ1) is 20.7. The number of pyridine rings is 1. The number of ketones is 1. The van der Waals surface area contributed by atoms with Crippen molar-refractivity contribution >= 4 is 28.8 Å². The van der Waals surface area contributed by atoms with Gasteiger partial charge in [0.25, 0.3) is 11.7 Å². The lowest BCUT2D eigenvalue weighted by atomic mass is 9.95. The first-order valence-corrected chi connectivity index (χ1v) is 10.4. The van der Waals surface area contributed by atoms with Crippen molar-refractivity contribution in [3.8, 4) is 5.75 Å². The normalized spacial score (nSPS) is 19.4. The average Bonchev–Trinajstić information content (AvgIpc) is 3.10. The summed E-state index contributed by atoms with van der Waals surface area (Å²) < 4.78 is 19.6. The second-order valence-corrected chi connectivity index (χ2v) is 7.88. The molecule has 1 amide bonds. The number of hydrogen-bond acceptors (Lipinski definition) is 6. The zero-order chi connectivity index (χ0) is 23.1. The number of carbonyl (C=O) groups excluding carboxylic acids is 2. The number of aromatic nitrogens is 1. The molecule has 1 unspecified atom stereocenters. The minimum Gasteiger partial charge on any atom is -0.507 e. The van der Waals surface area contributed by atoms with Crippen LogP contribution in [0, 0.1) is 5.82 Å². The fourth-order valence-electron chi connectivity index (χ4n) is 4.24. The lowest BCUT2D eigenvalue weighted by molar-refractivity contribution is -0.132. The Balaban J connectivity index is 1.70. The van der Waals surface area contributed by atoms with Gasteiger partial charge in [0.15, 0.2) is 0 Å². The summed E-state index contributed by atoms with van der Waals surface area (Å²) in [6.07, 6.45) is 3.07. The Hall–Kier alpha value is -4.20. The first-order valence-electron chi connectivity index (χ1n) is 10.4. The number of likely N-dealkylation sites (N-methyl/N-ethyl adjacent to an activating group) is 1. The van der Waals surface area contributed by atoms with Crippen LogP contribution in [0.5, 0.6) is 5.75 Å². The summed E-state index contributed by atoms with van der Waals surface area (Å²) in [7, 11) is 1.91. The number of rotatable bonds is 3. The summed E-state index contributed by atoms with van der Waals surface area (Å²) in [5.74, 6) is -1.87. The van der Waals surface area contributed by atoms with Crippen LogP contribution in [-0.2, 0) is 9.59 Å². The molecule has 2 aliphatic rings. The molecule has 8 heteroatoms. The molecule has 0 spiro atoms. The number of hydrogen-bond donors (Lipinski definition) is 1. The third kappa shape index (κ3) is 3.49. The van der Waals surface area contributed by atoms with Crippen LogP contribution in [0.1, 0.15) is 17.2 Å². The van der Waals surface area contributed by atoms with Gasteiger partial charge in [-0.2, -0.15) is 0 Å². The standard InChI is InChI=1S/C25H20FN3O4/c1-28-11-12-33-20-6-5-16(13-19(20)28)23(30)21-22(15-7-9-27-10-8-15)29(25(32)24(21)31)18-4-2-3-17(26)14-18/h2-10,13-14,22,30H,11-12H2,1H3/b23-21-. The van der Waals surface area contributed by atoms with Crippen LogP contribution in [0.3, 0.4) is 0 Å². The van der Waals surface area contributed by atoms with Crippen LogP contribution in [-0.4, -0.2) is 42.0 Å². The van der Waals surface area contributed by atoms with Gasteiger partial charge in [-0.15, -0.1) is 0 Å². The van der Waals surface area contributed by atoms with Crippen molar-refractivity contribution in [2.75, 3.05) is 30.0 Å². The second kappa shape index (κ2) is 8.05.